The first kappa shape index (κ1) is 16.3. The van der Waals surface area contributed by atoms with E-state index in [9.17, 15) is 14.8 Å². The molecule has 0 aromatic heterocycles. The Morgan fingerprint density at radius 2 is 1.92 bits per heavy atom. The number of aliphatic hydroxyl groups is 1. The molecule has 0 radical (unpaired) electrons. The van der Waals surface area contributed by atoms with Crippen LogP contribution in [0.5, 0.6) is 0 Å². The third-order valence-corrected chi connectivity index (χ3v) is 4.60. The maximum Gasteiger partial charge on any atom is 0.254 e. The van der Waals surface area contributed by atoms with Crippen LogP contribution in [0.3, 0.4) is 0 Å². The Balaban J connectivity index is 1.82. The summed E-state index contributed by atoms with van der Waals surface area (Å²) in [6, 6.07) is 14.8. The van der Waals surface area contributed by atoms with Gasteiger partial charge in [0.25, 0.3) is 5.91 Å². The fraction of sp³-hybridized carbons (Fsp3) is 0.316. The van der Waals surface area contributed by atoms with Crippen LogP contribution in [-0.4, -0.2) is 41.1 Å². The molecule has 24 heavy (non-hydrogen) atoms. The number of nitrogens with zero attached hydrogens (tertiary/aromatic N) is 2. The van der Waals surface area contributed by atoms with E-state index in [4.69, 9.17) is 0 Å². The predicted molar refractivity (Wildman–Crippen MR) is 92.7 cm³/mol. The number of benzene rings is 2. The fourth-order valence-electron chi connectivity index (χ4n) is 3.25. The first-order chi connectivity index (χ1) is 11.6. The molecule has 2 atom stereocenters. The normalized spacial score (nSPS) is 20.2. The zero-order valence-electron chi connectivity index (χ0n) is 13.6. The summed E-state index contributed by atoms with van der Waals surface area (Å²) in [7, 11) is 0. The van der Waals surface area contributed by atoms with Crippen LogP contribution in [0.4, 0.5) is 0 Å². The highest BCUT2D eigenvalue weighted by atomic mass is 16.3. The van der Waals surface area contributed by atoms with Crippen LogP contribution >= 0.6 is 0 Å². The number of hydrogen-bond donors (Lipinski definition) is 1. The molecule has 1 N–H and O–H groups in total. The van der Waals surface area contributed by atoms with Gasteiger partial charge in [-0.25, -0.2) is 0 Å². The van der Waals surface area contributed by atoms with Gasteiger partial charge in [-0.2, -0.15) is 4.91 Å². The van der Waals surface area contributed by atoms with Gasteiger partial charge in [-0.3, -0.25) is 4.79 Å². The Labute approximate surface area is 140 Å². The number of carbonyl (C=O) groups is 1. The van der Waals surface area contributed by atoms with E-state index in [1.807, 2.05) is 24.3 Å². The Hall–Kier alpha value is -2.53. The Morgan fingerprint density at radius 3 is 2.54 bits per heavy atom. The van der Waals surface area contributed by atoms with Gasteiger partial charge in [-0.1, -0.05) is 41.6 Å². The highest BCUT2D eigenvalue weighted by Gasteiger charge is 2.35. The summed E-state index contributed by atoms with van der Waals surface area (Å²) < 4.78 is 0. The molecule has 3 rings (SSSR count). The molecule has 5 heteroatoms. The van der Waals surface area contributed by atoms with E-state index in [1.54, 1.807) is 17.0 Å². The Bertz CT molecular complexity index is 743. The zero-order valence-corrected chi connectivity index (χ0v) is 13.6. The lowest BCUT2D eigenvalue weighted by Crippen LogP contribution is -2.37. The van der Waals surface area contributed by atoms with E-state index >= 15 is 0 Å². The average Bonchev–Trinajstić information content (AvgIpc) is 3.05. The molecular formula is C19H20N2O3. The lowest BCUT2D eigenvalue weighted by Gasteiger charge is -2.22. The minimum Gasteiger partial charge on any atom is -0.394 e. The van der Waals surface area contributed by atoms with Gasteiger partial charge in [0.15, 0.2) is 0 Å². The summed E-state index contributed by atoms with van der Waals surface area (Å²) in [6.45, 7) is 2.17. The second-order valence-corrected chi connectivity index (χ2v) is 6.18. The molecule has 2 aromatic rings. The maximum absolute atomic E-state index is 12.7. The molecule has 2 aromatic carbocycles. The number of hydrogen-bond acceptors (Lipinski definition) is 4. The van der Waals surface area contributed by atoms with Crippen LogP contribution in [0.2, 0.25) is 0 Å². The molecule has 1 unspecified atom stereocenters. The van der Waals surface area contributed by atoms with E-state index in [0.717, 1.165) is 11.1 Å². The minimum atomic E-state index is -0.433. The van der Waals surface area contributed by atoms with Crippen molar-refractivity contribution in [1.82, 2.24) is 4.90 Å². The molecule has 0 aliphatic carbocycles. The number of rotatable bonds is 4. The van der Waals surface area contributed by atoms with Gasteiger partial charge in [0, 0.05) is 12.1 Å². The van der Waals surface area contributed by atoms with Crippen LogP contribution in [0.1, 0.15) is 22.3 Å². The van der Waals surface area contributed by atoms with Gasteiger partial charge in [0.05, 0.1) is 12.6 Å². The van der Waals surface area contributed by atoms with Gasteiger partial charge in [-0.05, 0) is 42.2 Å². The molecule has 1 saturated heterocycles. The van der Waals surface area contributed by atoms with Crippen molar-refractivity contribution in [2.75, 3.05) is 13.2 Å². The van der Waals surface area contributed by atoms with Gasteiger partial charge < -0.3 is 10.0 Å². The SMILES string of the molecule is Cc1ccccc1-c1ccc(C(=O)N2CC(N=O)C[C@H]2CO)cc1. The van der Waals surface area contributed by atoms with Crippen LogP contribution in [0.25, 0.3) is 11.1 Å². The lowest BCUT2D eigenvalue weighted by molar-refractivity contribution is 0.0677. The fourth-order valence-corrected chi connectivity index (χ4v) is 3.25. The highest BCUT2D eigenvalue weighted by molar-refractivity contribution is 5.95. The number of amides is 1. The van der Waals surface area contributed by atoms with E-state index < -0.39 is 6.04 Å². The summed E-state index contributed by atoms with van der Waals surface area (Å²) in [5.41, 5.74) is 3.92. The monoisotopic (exact) mass is 324 g/mol. The zero-order chi connectivity index (χ0) is 17.1. The summed E-state index contributed by atoms with van der Waals surface area (Å²) in [5.74, 6) is -0.170. The predicted octanol–water partition coefficient (Wildman–Crippen LogP) is 3.00. The smallest absolute Gasteiger partial charge is 0.254 e. The van der Waals surface area contributed by atoms with Crippen molar-refractivity contribution in [2.24, 2.45) is 5.18 Å². The van der Waals surface area contributed by atoms with Crippen LogP contribution in [0, 0.1) is 11.8 Å². The molecule has 0 saturated carbocycles. The first-order valence-electron chi connectivity index (χ1n) is 8.04. The lowest BCUT2D eigenvalue weighted by atomic mass is 9.99. The summed E-state index contributed by atoms with van der Waals surface area (Å²) in [4.78, 5) is 25.0. The Morgan fingerprint density at radius 1 is 1.21 bits per heavy atom. The van der Waals surface area contributed by atoms with Crippen molar-refractivity contribution in [3.8, 4) is 11.1 Å². The van der Waals surface area contributed by atoms with E-state index in [0.29, 0.717) is 12.0 Å². The van der Waals surface area contributed by atoms with E-state index in [1.165, 1.54) is 5.56 Å². The Kier molecular flexibility index (Phi) is 4.71. The second kappa shape index (κ2) is 6.93. The molecule has 1 fully saturated rings. The molecule has 1 aliphatic rings. The average molecular weight is 324 g/mol. The number of nitroso groups, excluding NO2 is 1. The highest BCUT2D eigenvalue weighted by Crippen LogP contribution is 2.26. The molecule has 5 nitrogen and oxygen atoms in total. The quantitative estimate of drug-likeness (QED) is 0.879. The van der Waals surface area contributed by atoms with Gasteiger partial charge in [0.2, 0.25) is 0 Å². The molecular weight excluding hydrogens is 304 g/mol. The number of aliphatic hydroxyl groups excluding tert-OH is 1. The third kappa shape index (κ3) is 3.08. The minimum absolute atomic E-state index is 0.154. The van der Waals surface area contributed by atoms with Crippen molar-refractivity contribution in [1.29, 1.82) is 0 Å². The van der Waals surface area contributed by atoms with Crippen molar-refractivity contribution >= 4 is 5.91 Å². The van der Waals surface area contributed by atoms with Crippen molar-refractivity contribution in [3.05, 3.63) is 64.6 Å². The molecule has 1 heterocycles. The molecule has 124 valence electrons. The molecule has 0 spiro atoms. The molecule has 1 aliphatic heterocycles. The van der Waals surface area contributed by atoms with Crippen LogP contribution in [-0.2, 0) is 0 Å². The van der Waals surface area contributed by atoms with Crippen LogP contribution < -0.4 is 0 Å². The molecule has 1 amide bonds. The number of carbonyl (C=O) groups excluding carboxylic acids is 1. The summed E-state index contributed by atoms with van der Waals surface area (Å²) >= 11 is 0. The third-order valence-electron chi connectivity index (χ3n) is 4.60. The second-order valence-electron chi connectivity index (χ2n) is 6.18. The van der Waals surface area contributed by atoms with Crippen LogP contribution in [0.15, 0.2) is 53.7 Å². The maximum atomic E-state index is 12.7. The largest absolute Gasteiger partial charge is 0.394 e. The number of likely N-dealkylation sites (tertiary alicyclic amines) is 1. The molecule has 0 bridgehead atoms. The van der Waals surface area contributed by atoms with Gasteiger partial charge in [0.1, 0.15) is 6.04 Å². The topological polar surface area (TPSA) is 70.0 Å². The van der Waals surface area contributed by atoms with Crippen molar-refractivity contribution < 1.29 is 9.90 Å². The first-order valence-corrected chi connectivity index (χ1v) is 8.04. The van der Waals surface area contributed by atoms with E-state index in [-0.39, 0.29) is 25.1 Å². The van der Waals surface area contributed by atoms with Crippen molar-refractivity contribution in [2.45, 2.75) is 25.4 Å². The number of aryl methyl sites for hydroxylation is 1. The van der Waals surface area contributed by atoms with Gasteiger partial charge in [-0.15, -0.1) is 0 Å². The summed E-state index contributed by atoms with van der Waals surface area (Å²) in [6.07, 6.45) is 0.424. The van der Waals surface area contributed by atoms with Gasteiger partial charge >= 0.3 is 0 Å². The van der Waals surface area contributed by atoms with Crippen molar-refractivity contribution in [3.63, 3.8) is 0 Å². The summed E-state index contributed by atoms with van der Waals surface area (Å²) in [5, 5.41) is 12.5. The standard InChI is InChI=1S/C19H20N2O3/c1-13-4-2-3-5-18(13)14-6-8-15(9-7-14)19(23)21-11-16(20-24)10-17(21)12-22/h2-9,16-17,22H,10-12H2,1H3/t16?,17-/m0/s1. The van der Waals surface area contributed by atoms with E-state index in [2.05, 4.69) is 24.2 Å².